The average molecular weight is 304 g/mol. The van der Waals surface area contributed by atoms with Gasteiger partial charge in [0.05, 0.1) is 42.4 Å². The van der Waals surface area contributed by atoms with Crippen molar-refractivity contribution >= 4 is 11.7 Å². The Kier molecular flexibility index (Phi) is 3.59. The number of carbonyl (C=O) groups is 1. The lowest BCUT2D eigenvalue weighted by atomic mass is 9.99. The summed E-state index contributed by atoms with van der Waals surface area (Å²) in [6.07, 6.45) is 5.72. The molecule has 22 heavy (non-hydrogen) atoms. The van der Waals surface area contributed by atoms with E-state index in [9.17, 15) is 4.79 Å². The highest BCUT2D eigenvalue weighted by Crippen LogP contribution is 2.37. The van der Waals surface area contributed by atoms with E-state index in [2.05, 4.69) is 15.3 Å². The maximum atomic E-state index is 12.5. The lowest BCUT2D eigenvalue weighted by molar-refractivity contribution is -0.169. The Morgan fingerprint density at radius 3 is 2.23 bits per heavy atom. The van der Waals surface area contributed by atoms with Gasteiger partial charge < -0.3 is 15.0 Å². The van der Waals surface area contributed by atoms with Gasteiger partial charge in [0.25, 0.3) is 0 Å². The van der Waals surface area contributed by atoms with Crippen LogP contribution in [0.1, 0.15) is 52.3 Å². The lowest BCUT2D eigenvalue weighted by Gasteiger charge is -2.46. The number of rotatable bonds is 2. The van der Waals surface area contributed by atoms with Crippen LogP contribution in [0, 0.1) is 0 Å². The van der Waals surface area contributed by atoms with Crippen LogP contribution in [-0.2, 0) is 4.74 Å². The number of amides is 2. The monoisotopic (exact) mass is 304 g/mol. The van der Waals surface area contributed by atoms with E-state index >= 15 is 0 Å². The average Bonchev–Trinajstić information content (AvgIpc) is 3.20. The van der Waals surface area contributed by atoms with Gasteiger partial charge in [0, 0.05) is 5.92 Å². The molecule has 1 aromatic heterocycles. The first kappa shape index (κ1) is 15.2. The molecular formula is C16H24N4O2. The number of morpholine rings is 1. The van der Waals surface area contributed by atoms with Crippen molar-refractivity contribution < 1.29 is 9.53 Å². The summed E-state index contributed by atoms with van der Waals surface area (Å²) >= 11 is 0. The van der Waals surface area contributed by atoms with Gasteiger partial charge in [0.15, 0.2) is 0 Å². The largest absolute Gasteiger partial charge is 0.366 e. The zero-order chi connectivity index (χ0) is 16.0. The number of ether oxygens (including phenoxy) is 1. The number of nitrogens with zero attached hydrogens (tertiary/aromatic N) is 3. The van der Waals surface area contributed by atoms with Gasteiger partial charge in [-0.05, 0) is 40.5 Å². The number of anilines is 1. The van der Waals surface area contributed by atoms with Gasteiger partial charge in [-0.3, -0.25) is 0 Å². The fraction of sp³-hybridized carbons (Fsp3) is 0.688. The number of nitrogens with one attached hydrogen (secondary N) is 1. The van der Waals surface area contributed by atoms with E-state index in [1.165, 1.54) is 12.8 Å². The summed E-state index contributed by atoms with van der Waals surface area (Å²) in [5, 5.41) is 2.88. The number of hydrogen-bond donors (Lipinski definition) is 1. The first-order valence-electron chi connectivity index (χ1n) is 7.82. The van der Waals surface area contributed by atoms with Crippen LogP contribution >= 0.6 is 0 Å². The predicted octanol–water partition coefficient (Wildman–Crippen LogP) is 2.78. The van der Waals surface area contributed by atoms with E-state index in [0.717, 1.165) is 5.82 Å². The number of urea groups is 1. The Bertz CT molecular complexity index is 548. The molecule has 3 rings (SSSR count). The van der Waals surface area contributed by atoms with Crippen LogP contribution in [0.3, 0.4) is 0 Å². The molecule has 120 valence electrons. The Morgan fingerprint density at radius 1 is 1.18 bits per heavy atom. The van der Waals surface area contributed by atoms with Crippen LogP contribution in [-0.4, -0.2) is 45.2 Å². The molecule has 1 aliphatic heterocycles. The third-order valence-corrected chi connectivity index (χ3v) is 3.85. The standard InChI is InChI=1S/C16H24N4O2/c1-15(2)9-20(10-16(3,4)22-15)14(21)19-12-7-17-13(18-8-12)11-5-6-11/h7-8,11H,5-6,9-10H2,1-4H3,(H,19,21). The third-order valence-electron chi connectivity index (χ3n) is 3.85. The minimum absolute atomic E-state index is 0.132. The molecule has 1 saturated carbocycles. The van der Waals surface area contributed by atoms with Crippen LogP contribution in [0.4, 0.5) is 10.5 Å². The van der Waals surface area contributed by atoms with Gasteiger partial charge in [-0.2, -0.15) is 0 Å². The summed E-state index contributed by atoms with van der Waals surface area (Å²) < 4.78 is 5.99. The molecule has 0 unspecified atom stereocenters. The molecule has 0 radical (unpaired) electrons. The van der Waals surface area contributed by atoms with Crippen LogP contribution in [0.2, 0.25) is 0 Å². The Balaban J connectivity index is 1.65. The minimum atomic E-state index is -0.356. The Labute approximate surface area is 131 Å². The lowest BCUT2D eigenvalue weighted by Crippen LogP contribution is -2.59. The summed E-state index contributed by atoms with van der Waals surface area (Å²) in [5.74, 6) is 1.40. The van der Waals surface area contributed by atoms with E-state index < -0.39 is 0 Å². The van der Waals surface area contributed by atoms with Gasteiger partial charge >= 0.3 is 6.03 Å². The van der Waals surface area contributed by atoms with Gasteiger partial charge in [-0.15, -0.1) is 0 Å². The quantitative estimate of drug-likeness (QED) is 0.912. The topological polar surface area (TPSA) is 67.4 Å². The van der Waals surface area contributed by atoms with Gasteiger partial charge in [0.2, 0.25) is 0 Å². The molecule has 2 heterocycles. The van der Waals surface area contributed by atoms with E-state index in [-0.39, 0.29) is 17.2 Å². The summed E-state index contributed by atoms with van der Waals surface area (Å²) in [7, 11) is 0. The summed E-state index contributed by atoms with van der Waals surface area (Å²) in [6.45, 7) is 9.12. The highest BCUT2D eigenvalue weighted by atomic mass is 16.5. The molecule has 0 atom stereocenters. The molecule has 0 bridgehead atoms. The second-order valence-corrected chi connectivity index (χ2v) is 7.51. The summed E-state index contributed by atoms with van der Waals surface area (Å²) in [6, 6.07) is -0.132. The van der Waals surface area contributed by atoms with Crippen molar-refractivity contribution in [2.24, 2.45) is 0 Å². The number of carbonyl (C=O) groups excluding carboxylic acids is 1. The van der Waals surface area contributed by atoms with Crippen LogP contribution in [0.15, 0.2) is 12.4 Å². The van der Waals surface area contributed by atoms with E-state index in [1.54, 1.807) is 17.3 Å². The van der Waals surface area contributed by atoms with Gasteiger partial charge in [0.1, 0.15) is 5.82 Å². The molecule has 0 aromatic carbocycles. The number of aromatic nitrogens is 2. The fourth-order valence-corrected chi connectivity index (χ4v) is 3.09. The molecular weight excluding hydrogens is 280 g/mol. The molecule has 6 heteroatoms. The second-order valence-electron chi connectivity index (χ2n) is 7.51. The van der Waals surface area contributed by atoms with Crippen molar-refractivity contribution in [3.8, 4) is 0 Å². The minimum Gasteiger partial charge on any atom is -0.366 e. The highest BCUT2D eigenvalue weighted by molar-refractivity contribution is 5.89. The smallest absolute Gasteiger partial charge is 0.322 e. The highest BCUT2D eigenvalue weighted by Gasteiger charge is 2.40. The van der Waals surface area contributed by atoms with Crippen molar-refractivity contribution in [1.29, 1.82) is 0 Å². The molecule has 0 spiro atoms. The Morgan fingerprint density at radius 2 is 1.73 bits per heavy atom. The van der Waals surface area contributed by atoms with Crippen molar-refractivity contribution in [2.45, 2.75) is 57.7 Å². The van der Waals surface area contributed by atoms with Crippen molar-refractivity contribution in [3.63, 3.8) is 0 Å². The van der Waals surface area contributed by atoms with E-state index in [0.29, 0.717) is 24.7 Å². The molecule has 6 nitrogen and oxygen atoms in total. The molecule has 2 amide bonds. The van der Waals surface area contributed by atoms with Crippen LogP contribution < -0.4 is 5.32 Å². The third kappa shape index (κ3) is 3.55. The summed E-state index contributed by atoms with van der Waals surface area (Å²) in [4.78, 5) is 22.9. The maximum absolute atomic E-state index is 12.5. The van der Waals surface area contributed by atoms with Gasteiger partial charge in [-0.1, -0.05) is 0 Å². The normalized spacial score (nSPS) is 23.2. The van der Waals surface area contributed by atoms with E-state index in [1.807, 2.05) is 27.7 Å². The van der Waals surface area contributed by atoms with Crippen molar-refractivity contribution in [2.75, 3.05) is 18.4 Å². The Hall–Kier alpha value is -1.69. The second kappa shape index (κ2) is 5.19. The molecule has 1 saturated heterocycles. The van der Waals surface area contributed by atoms with Crippen molar-refractivity contribution in [1.82, 2.24) is 14.9 Å². The molecule has 1 aliphatic carbocycles. The SMILES string of the molecule is CC1(C)CN(C(=O)Nc2cnc(C3CC3)nc2)CC(C)(C)O1. The zero-order valence-corrected chi connectivity index (χ0v) is 13.7. The molecule has 2 fully saturated rings. The van der Waals surface area contributed by atoms with Gasteiger partial charge in [-0.25, -0.2) is 14.8 Å². The van der Waals surface area contributed by atoms with E-state index in [4.69, 9.17) is 4.74 Å². The number of hydrogen-bond acceptors (Lipinski definition) is 4. The zero-order valence-electron chi connectivity index (χ0n) is 13.7. The van der Waals surface area contributed by atoms with Crippen molar-refractivity contribution in [3.05, 3.63) is 18.2 Å². The maximum Gasteiger partial charge on any atom is 0.322 e. The first-order chi connectivity index (χ1) is 10.2. The molecule has 1 aromatic rings. The predicted molar refractivity (Wildman–Crippen MR) is 83.8 cm³/mol. The van der Waals surface area contributed by atoms with Crippen LogP contribution in [0.25, 0.3) is 0 Å². The molecule has 2 aliphatic rings. The van der Waals surface area contributed by atoms with Crippen LogP contribution in [0.5, 0.6) is 0 Å². The molecule has 1 N–H and O–H groups in total. The summed E-state index contributed by atoms with van der Waals surface area (Å²) in [5.41, 5.74) is -0.0758. The first-order valence-corrected chi connectivity index (χ1v) is 7.82. The fourth-order valence-electron chi connectivity index (χ4n) is 3.09.